The van der Waals surface area contributed by atoms with Gasteiger partial charge in [-0.25, -0.2) is 9.86 Å². The van der Waals surface area contributed by atoms with Gasteiger partial charge in [0.05, 0.1) is 23.8 Å². The summed E-state index contributed by atoms with van der Waals surface area (Å²) in [5.74, 6) is -1.53. The first kappa shape index (κ1) is 24.9. The number of ether oxygens (including phenoxy) is 1. The number of hydroxylamine groups is 1. The van der Waals surface area contributed by atoms with Gasteiger partial charge in [0, 0.05) is 5.02 Å². The van der Waals surface area contributed by atoms with Gasteiger partial charge in [0.2, 0.25) is 5.91 Å². The number of hydrogen-bond acceptors (Lipinski definition) is 6. The number of benzene rings is 4. The summed E-state index contributed by atoms with van der Waals surface area (Å²) in [5, 5.41) is 2.16. The lowest BCUT2D eigenvalue weighted by Gasteiger charge is -2.29. The van der Waals surface area contributed by atoms with Crippen LogP contribution in [-0.4, -0.2) is 28.8 Å². The van der Waals surface area contributed by atoms with Crippen LogP contribution in [0.5, 0.6) is 5.75 Å². The molecular weight excluding hydrogens is 516 g/mol. The van der Waals surface area contributed by atoms with Crippen molar-refractivity contribution in [3.05, 3.63) is 131 Å². The highest BCUT2D eigenvalue weighted by atomic mass is 35.5. The van der Waals surface area contributed by atoms with E-state index in [-0.39, 0.29) is 18.4 Å². The monoisotopic (exact) mass is 538 g/mol. The Balaban J connectivity index is 1.30. The maximum atomic E-state index is 13.7. The van der Waals surface area contributed by atoms with E-state index in [1.807, 2.05) is 36.4 Å². The minimum Gasteiger partial charge on any atom is -0.423 e. The van der Waals surface area contributed by atoms with Crippen LogP contribution >= 0.6 is 11.6 Å². The summed E-state index contributed by atoms with van der Waals surface area (Å²) < 4.78 is 5.52. The first-order valence-electron chi connectivity index (χ1n) is 12.5. The van der Waals surface area contributed by atoms with Gasteiger partial charge in [0.15, 0.2) is 6.10 Å². The molecule has 0 N–H and O–H groups in total. The molecule has 0 unspecified atom stereocenters. The third-order valence-electron chi connectivity index (χ3n) is 6.91. The van der Waals surface area contributed by atoms with Crippen LogP contribution in [0.1, 0.15) is 27.5 Å². The number of nitrogens with zero attached hydrogens (tertiary/aromatic N) is 2. The number of anilines is 1. The molecule has 0 spiro atoms. The predicted octanol–water partition coefficient (Wildman–Crippen LogP) is 5.61. The first-order valence-corrected chi connectivity index (χ1v) is 12.9. The number of imide groups is 1. The van der Waals surface area contributed by atoms with Crippen LogP contribution < -0.4 is 9.80 Å². The number of rotatable bonds is 6. The van der Waals surface area contributed by atoms with Crippen LogP contribution in [0, 0.1) is 5.92 Å². The van der Waals surface area contributed by atoms with Crippen LogP contribution in [0.25, 0.3) is 0 Å². The van der Waals surface area contributed by atoms with Gasteiger partial charge in [-0.1, -0.05) is 72.3 Å². The Labute approximate surface area is 230 Å². The Bertz CT molecular complexity index is 1510. The van der Waals surface area contributed by atoms with Crippen molar-refractivity contribution in [3.8, 4) is 5.75 Å². The molecule has 0 radical (unpaired) electrons. The maximum Gasteiger partial charge on any atom is 0.343 e. The fraction of sp³-hybridized carbons (Fsp3) is 0.129. The Kier molecular flexibility index (Phi) is 6.60. The number of carbonyl (C=O) groups is 3. The Morgan fingerprint density at radius 2 is 1.44 bits per heavy atom. The number of halogens is 1. The van der Waals surface area contributed by atoms with Crippen LogP contribution in [0.4, 0.5) is 5.69 Å². The summed E-state index contributed by atoms with van der Waals surface area (Å²) in [7, 11) is 0. The topological polar surface area (TPSA) is 76.2 Å². The number of likely N-dealkylation sites (tertiary alicyclic amines) is 1. The second-order valence-electron chi connectivity index (χ2n) is 9.37. The predicted molar refractivity (Wildman–Crippen MR) is 145 cm³/mol. The van der Waals surface area contributed by atoms with Crippen molar-refractivity contribution < 1.29 is 24.0 Å². The number of amides is 2. The summed E-state index contributed by atoms with van der Waals surface area (Å²) in [6.45, 7) is 0.177. The first-order chi connectivity index (χ1) is 19.0. The molecule has 0 bridgehead atoms. The minimum atomic E-state index is -0.961. The Morgan fingerprint density at radius 3 is 2.10 bits per heavy atom. The van der Waals surface area contributed by atoms with Crippen molar-refractivity contribution in [2.45, 2.75) is 18.7 Å². The fourth-order valence-electron chi connectivity index (χ4n) is 5.02. The zero-order valence-electron chi connectivity index (χ0n) is 20.6. The number of hydrogen-bond donors (Lipinski definition) is 0. The molecule has 2 aliphatic heterocycles. The lowest BCUT2D eigenvalue weighted by Crippen LogP contribution is -2.36. The van der Waals surface area contributed by atoms with E-state index < -0.39 is 24.0 Å². The largest absolute Gasteiger partial charge is 0.423 e. The highest BCUT2D eigenvalue weighted by Crippen LogP contribution is 2.47. The molecular formula is C31H23ClN2O5. The zero-order chi connectivity index (χ0) is 26.9. The van der Waals surface area contributed by atoms with Crippen LogP contribution in [-0.2, 0) is 21.0 Å². The molecule has 6 rings (SSSR count). The Hall–Kier alpha value is -4.46. The molecule has 194 valence electrons. The van der Waals surface area contributed by atoms with Crippen molar-refractivity contribution in [3.63, 3.8) is 0 Å². The minimum absolute atomic E-state index is 0.177. The molecule has 0 aliphatic carbocycles. The van der Waals surface area contributed by atoms with Crippen molar-refractivity contribution in [1.82, 2.24) is 4.90 Å². The number of carbonyl (C=O) groups excluding carboxylic acids is 3. The van der Waals surface area contributed by atoms with E-state index >= 15 is 0 Å². The summed E-state index contributed by atoms with van der Waals surface area (Å²) >= 11 is 6.10. The van der Waals surface area contributed by atoms with Crippen molar-refractivity contribution in [2.24, 2.45) is 5.92 Å². The van der Waals surface area contributed by atoms with Crippen LogP contribution in [0.2, 0.25) is 5.02 Å². The van der Waals surface area contributed by atoms with Crippen LogP contribution in [0.3, 0.4) is 0 Å². The smallest absolute Gasteiger partial charge is 0.343 e. The van der Waals surface area contributed by atoms with Crippen molar-refractivity contribution in [1.29, 1.82) is 0 Å². The van der Waals surface area contributed by atoms with E-state index in [1.54, 1.807) is 77.9 Å². The molecule has 0 saturated carbocycles. The normalized spacial score (nSPS) is 20.3. The molecule has 7 nitrogen and oxygen atoms in total. The van der Waals surface area contributed by atoms with Gasteiger partial charge in [0.25, 0.3) is 5.91 Å². The second kappa shape index (κ2) is 10.4. The summed E-state index contributed by atoms with van der Waals surface area (Å²) in [5.41, 5.74) is 2.69. The van der Waals surface area contributed by atoms with E-state index in [0.717, 1.165) is 11.1 Å². The third kappa shape index (κ3) is 4.78. The standard InChI is InChI=1S/C31H23ClN2O5/c32-23-13-15-24(16-14-23)34-27(21-11-17-25(18-12-21)38-31(37)22-9-5-2-6-10-22)26-28(39-34)30(36)33(29(26)35)19-20-7-3-1-4-8-20/h1-18,26-28H,19H2/t26-,27+,28+/m0/s1. The second-order valence-corrected chi connectivity index (χ2v) is 9.81. The van der Waals surface area contributed by atoms with Crippen molar-refractivity contribution in [2.75, 3.05) is 5.06 Å². The molecule has 2 fully saturated rings. The molecule has 8 heteroatoms. The lowest BCUT2D eigenvalue weighted by atomic mass is 9.90. The van der Waals surface area contributed by atoms with Gasteiger partial charge in [-0.3, -0.25) is 19.3 Å². The van der Waals surface area contributed by atoms with Crippen LogP contribution in [0.15, 0.2) is 109 Å². The number of fused-ring (bicyclic) bond motifs is 1. The molecule has 0 aromatic heterocycles. The van der Waals surface area contributed by atoms with E-state index in [2.05, 4.69) is 0 Å². The fourth-order valence-corrected chi connectivity index (χ4v) is 5.14. The Morgan fingerprint density at radius 1 is 0.795 bits per heavy atom. The lowest BCUT2D eigenvalue weighted by molar-refractivity contribution is -0.143. The summed E-state index contributed by atoms with van der Waals surface area (Å²) in [4.78, 5) is 47.0. The highest BCUT2D eigenvalue weighted by Gasteiger charge is 2.59. The molecule has 39 heavy (non-hydrogen) atoms. The van der Waals surface area contributed by atoms with Gasteiger partial charge in [-0.2, -0.15) is 0 Å². The maximum absolute atomic E-state index is 13.7. The zero-order valence-corrected chi connectivity index (χ0v) is 21.4. The third-order valence-corrected chi connectivity index (χ3v) is 7.16. The molecule has 2 amide bonds. The van der Waals surface area contributed by atoms with E-state index in [0.29, 0.717) is 22.0 Å². The molecule has 2 aliphatic rings. The molecule has 4 aromatic carbocycles. The van der Waals surface area contributed by atoms with Gasteiger partial charge < -0.3 is 4.74 Å². The summed E-state index contributed by atoms with van der Waals surface area (Å²) in [6.07, 6.45) is -0.961. The quantitative estimate of drug-likeness (QED) is 0.180. The number of esters is 1. The van der Waals surface area contributed by atoms with E-state index in [9.17, 15) is 14.4 Å². The summed E-state index contributed by atoms with van der Waals surface area (Å²) in [6, 6.07) is 31.4. The highest BCUT2D eigenvalue weighted by molar-refractivity contribution is 6.30. The van der Waals surface area contributed by atoms with Gasteiger partial charge in [0.1, 0.15) is 11.7 Å². The molecule has 3 atom stereocenters. The molecule has 2 heterocycles. The van der Waals surface area contributed by atoms with Gasteiger partial charge in [-0.05, 0) is 59.7 Å². The SMILES string of the molecule is O=C(Oc1ccc([C@@H]2[C@@H]3C(=O)N(Cc4ccccc4)C(=O)[C@@H]3ON2c2ccc(Cl)cc2)cc1)c1ccccc1. The molecule has 2 saturated heterocycles. The van der Waals surface area contributed by atoms with Gasteiger partial charge in [-0.15, -0.1) is 0 Å². The van der Waals surface area contributed by atoms with Gasteiger partial charge >= 0.3 is 5.97 Å². The van der Waals surface area contributed by atoms with E-state index in [4.69, 9.17) is 21.2 Å². The van der Waals surface area contributed by atoms with Crippen molar-refractivity contribution >= 4 is 35.1 Å². The molecule has 4 aromatic rings. The van der Waals surface area contributed by atoms with E-state index in [1.165, 1.54) is 4.90 Å². The average Bonchev–Trinajstić information content (AvgIpc) is 3.47. The average molecular weight is 539 g/mol.